The summed E-state index contributed by atoms with van der Waals surface area (Å²) < 4.78 is 5.21. The lowest BCUT2D eigenvalue weighted by atomic mass is 10.2. The Bertz CT molecular complexity index is 557. The molecule has 102 valence electrons. The Morgan fingerprint density at radius 1 is 1.53 bits per heavy atom. The van der Waals surface area contributed by atoms with Crippen molar-refractivity contribution in [3.8, 4) is 0 Å². The van der Waals surface area contributed by atoms with Crippen LogP contribution in [0.25, 0.3) is 0 Å². The summed E-state index contributed by atoms with van der Waals surface area (Å²) in [6.45, 7) is 4.47. The van der Waals surface area contributed by atoms with E-state index in [9.17, 15) is 4.79 Å². The minimum atomic E-state index is -0.117. The molecule has 2 aromatic heterocycles. The number of nitrogens with zero attached hydrogens (tertiary/aromatic N) is 2. The van der Waals surface area contributed by atoms with Crippen LogP contribution in [0.4, 0.5) is 0 Å². The van der Waals surface area contributed by atoms with Gasteiger partial charge >= 0.3 is 0 Å². The number of aromatic amines is 1. The second-order valence-corrected chi connectivity index (χ2v) is 4.73. The van der Waals surface area contributed by atoms with Gasteiger partial charge in [0.25, 0.3) is 5.91 Å². The molecule has 0 aromatic carbocycles. The van der Waals surface area contributed by atoms with Crippen molar-refractivity contribution in [3.63, 3.8) is 0 Å². The van der Waals surface area contributed by atoms with E-state index < -0.39 is 0 Å². The molecule has 0 bridgehead atoms. The lowest BCUT2D eigenvalue weighted by Gasteiger charge is -2.14. The van der Waals surface area contributed by atoms with Crippen molar-refractivity contribution >= 4 is 5.91 Å². The molecule has 0 radical (unpaired) electrons. The number of nitrogens with one attached hydrogen (secondary N) is 1. The average Bonchev–Trinajstić information content (AvgIpc) is 2.98. The minimum absolute atomic E-state index is 0.117. The second-order valence-electron chi connectivity index (χ2n) is 4.73. The van der Waals surface area contributed by atoms with Crippen molar-refractivity contribution in [2.45, 2.75) is 33.2 Å². The van der Waals surface area contributed by atoms with Gasteiger partial charge in [0.2, 0.25) is 0 Å². The molecule has 1 amide bonds. The second kappa shape index (κ2) is 5.73. The largest absolute Gasteiger partial charge is 0.459 e. The normalized spacial score (nSPS) is 10.7. The smallest absolute Gasteiger partial charge is 0.289 e. The molecule has 0 aliphatic heterocycles. The van der Waals surface area contributed by atoms with Gasteiger partial charge in [0.05, 0.1) is 24.2 Å². The number of furan rings is 1. The van der Waals surface area contributed by atoms with Crippen molar-refractivity contribution in [3.05, 3.63) is 41.1 Å². The molecule has 0 aliphatic carbocycles. The van der Waals surface area contributed by atoms with Gasteiger partial charge in [0, 0.05) is 12.6 Å². The Labute approximate surface area is 112 Å². The number of carbonyl (C=O) groups excluding carboxylic acids is 1. The summed E-state index contributed by atoms with van der Waals surface area (Å²) in [6, 6.07) is 3.79. The molecule has 19 heavy (non-hydrogen) atoms. The summed E-state index contributed by atoms with van der Waals surface area (Å²) in [7, 11) is 1.75. The molecule has 0 aliphatic rings. The van der Waals surface area contributed by atoms with Gasteiger partial charge in [0.15, 0.2) is 5.76 Å². The number of rotatable bonds is 5. The number of hydrogen-bond donors (Lipinski definition) is 1. The Morgan fingerprint density at radius 3 is 2.95 bits per heavy atom. The van der Waals surface area contributed by atoms with Crippen LogP contribution >= 0.6 is 0 Å². The van der Waals surface area contributed by atoms with Gasteiger partial charge in [-0.1, -0.05) is 13.3 Å². The zero-order valence-electron chi connectivity index (χ0n) is 11.6. The molecule has 5 nitrogen and oxygen atoms in total. The third-order valence-electron chi connectivity index (χ3n) is 3.00. The lowest BCUT2D eigenvalue weighted by Crippen LogP contribution is -2.26. The first kappa shape index (κ1) is 13.4. The quantitative estimate of drug-likeness (QED) is 0.899. The van der Waals surface area contributed by atoms with Gasteiger partial charge < -0.3 is 9.32 Å². The van der Waals surface area contributed by atoms with Gasteiger partial charge in [-0.15, -0.1) is 0 Å². The molecule has 1 N–H and O–H groups in total. The molecule has 2 heterocycles. The minimum Gasteiger partial charge on any atom is -0.459 e. The topological polar surface area (TPSA) is 62.1 Å². The molecule has 0 saturated carbocycles. The Hall–Kier alpha value is -2.04. The average molecular weight is 261 g/mol. The highest BCUT2D eigenvalue weighted by Crippen LogP contribution is 2.13. The van der Waals surface area contributed by atoms with Crippen LogP contribution in [-0.4, -0.2) is 28.1 Å². The molecule has 0 atom stereocenters. The molecule has 5 heteroatoms. The summed E-state index contributed by atoms with van der Waals surface area (Å²) in [6.07, 6.45) is 3.54. The molecule has 2 rings (SSSR count). The molecule has 0 spiro atoms. The first-order valence-electron chi connectivity index (χ1n) is 6.44. The summed E-state index contributed by atoms with van der Waals surface area (Å²) in [5.41, 5.74) is 2.82. The van der Waals surface area contributed by atoms with Gasteiger partial charge in [0.1, 0.15) is 0 Å². The fraction of sp³-hybridized carbons (Fsp3) is 0.429. The van der Waals surface area contributed by atoms with Crippen molar-refractivity contribution in [2.75, 3.05) is 7.05 Å². The number of H-pyrrole nitrogens is 1. The van der Waals surface area contributed by atoms with E-state index in [0.717, 1.165) is 29.8 Å². The van der Waals surface area contributed by atoms with Crippen LogP contribution in [-0.2, 0) is 13.0 Å². The maximum atomic E-state index is 12.2. The van der Waals surface area contributed by atoms with Crippen molar-refractivity contribution in [1.82, 2.24) is 15.1 Å². The van der Waals surface area contributed by atoms with E-state index in [1.807, 2.05) is 13.0 Å². The summed E-state index contributed by atoms with van der Waals surface area (Å²) in [5.74, 6) is 0.282. The van der Waals surface area contributed by atoms with Crippen molar-refractivity contribution < 1.29 is 9.21 Å². The van der Waals surface area contributed by atoms with E-state index in [-0.39, 0.29) is 5.91 Å². The number of aromatic nitrogens is 2. The van der Waals surface area contributed by atoms with E-state index in [4.69, 9.17) is 4.42 Å². The first-order chi connectivity index (χ1) is 9.11. The highest BCUT2D eigenvalue weighted by molar-refractivity contribution is 5.92. The Kier molecular flexibility index (Phi) is 4.04. The lowest BCUT2D eigenvalue weighted by molar-refractivity contribution is 0.0750. The highest BCUT2D eigenvalue weighted by atomic mass is 16.3. The van der Waals surface area contributed by atoms with E-state index >= 15 is 0 Å². The predicted octanol–water partition coefficient (Wildman–Crippen LogP) is 2.54. The Balaban J connectivity index is 2.02. The molecule has 0 unspecified atom stereocenters. The van der Waals surface area contributed by atoms with E-state index in [1.165, 1.54) is 6.26 Å². The molecule has 2 aromatic rings. The molecule has 0 fully saturated rings. The molecular weight excluding hydrogens is 242 g/mol. The predicted molar refractivity (Wildman–Crippen MR) is 71.8 cm³/mol. The standard InChI is InChI=1S/C14H19N3O2/c1-4-5-11-8-12(16-15-11)9-17(3)14(18)13-10(2)6-7-19-13/h6-8H,4-5,9H2,1-3H3,(H,15,16). The van der Waals surface area contributed by atoms with E-state index in [2.05, 4.69) is 17.1 Å². The van der Waals surface area contributed by atoms with Crippen LogP contribution in [0, 0.1) is 6.92 Å². The summed E-state index contributed by atoms with van der Waals surface area (Å²) >= 11 is 0. The van der Waals surface area contributed by atoms with Crippen LogP contribution in [0.3, 0.4) is 0 Å². The van der Waals surface area contributed by atoms with Gasteiger partial charge in [-0.25, -0.2) is 0 Å². The third-order valence-corrected chi connectivity index (χ3v) is 3.00. The van der Waals surface area contributed by atoms with Crippen LogP contribution < -0.4 is 0 Å². The zero-order chi connectivity index (χ0) is 13.8. The maximum absolute atomic E-state index is 12.2. The van der Waals surface area contributed by atoms with E-state index in [0.29, 0.717) is 12.3 Å². The fourth-order valence-electron chi connectivity index (χ4n) is 1.97. The van der Waals surface area contributed by atoms with Crippen LogP contribution in [0.2, 0.25) is 0 Å². The highest BCUT2D eigenvalue weighted by Gasteiger charge is 2.18. The molecular formula is C14H19N3O2. The number of amides is 1. The summed E-state index contributed by atoms with van der Waals surface area (Å²) in [4.78, 5) is 13.8. The van der Waals surface area contributed by atoms with Crippen LogP contribution in [0.5, 0.6) is 0 Å². The zero-order valence-corrected chi connectivity index (χ0v) is 11.6. The maximum Gasteiger partial charge on any atom is 0.289 e. The first-order valence-corrected chi connectivity index (χ1v) is 6.44. The van der Waals surface area contributed by atoms with Gasteiger partial charge in [-0.3, -0.25) is 9.89 Å². The SMILES string of the molecule is CCCc1cc(CN(C)C(=O)c2occc2C)[nH]n1. The van der Waals surface area contributed by atoms with E-state index in [1.54, 1.807) is 18.0 Å². The number of carbonyl (C=O) groups is 1. The third kappa shape index (κ3) is 3.05. The number of hydrogen-bond acceptors (Lipinski definition) is 3. The van der Waals surface area contributed by atoms with Gasteiger partial charge in [-0.05, 0) is 25.5 Å². The van der Waals surface area contributed by atoms with Crippen molar-refractivity contribution in [2.24, 2.45) is 0 Å². The summed E-state index contributed by atoms with van der Waals surface area (Å²) in [5, 5.41) is 7.17. The fourth-order valence-corrected chi connectivity index (χ4v) is 1.97. The van der Waals surface area contributed by atoms with Crippen LogP contribution in [0.1, 0.15) is 40.9 Å². The Morgan fingerprint density at radius 2 is 2.32 bits per heavy atom. The number of aryl methyl sites for hydroxylation is 2. The monoisotopic (exact) mass is 261 g/mol. The van der Waals surface area contributed by atoms with Crippen molar-refractivity contribution in [1.29, 1.82) is 0 Å². The molecule has 0 saturated heterocycles. The van der Waals surface area contributed by atoms with Crippen LogP contribution in [0.15, 0.2) is 22.8 Å². The van der Waals surface area contributed by atoms with Gasteiger partial charge in [-0.2, -0.15) is 5.10 Å².